The van der Waals surface area contributed by atoms with E-state index in [1.807, 2.05) is 12.3 Å². The van der Waals surface area contributed by atoms with Gasteiger partial charge in [0.05, 0.1) is 6.10 Å². The van der Waals surface area contributed by atoms with E-state index in [0.29, 0.717) is 11.8 Å². The molecule has 0 radical (unpaired) electrons. The average Bonchev–Trinajstić information content (AvgIpc) is 2.69. The Morgan fingerprint density at radius 2 is 2.31 bits per heavy atom. The van der Waals surface area contributed by atoms with E-state index >= 15 is 0 Å². The Bertz CT molecular complexity index is 348. The van der Waals surface area contributed by atoms with Crippen LogP contribution in [0.3, 0.4) is 0 Å². The Balaban J connectivity index is 1.93. The van der Waals surface area contributed by atoms with Gasteiger partial charge in [0.25, 0.3) is 0 Å². The molecule has 0 amide bonds. The standard InChI is InChI=1S/C14H21NO/c1-10(2)13(16)8-7-12-6-5-11-4-3-9-15-14(11)12/h3-4,9-10,12-13,16H,5-8H2,1-2H3. The van der Waals surface area contributed by atoms with Gasteiger partial charge in [0.15, 0.2) is 0 Å². The van der Waals surface area contributed by atoms with Gasteiger partial charge in [-0.3, -0.25) is 4.98 Å². The molecule has 0 aliphatic heterocycles. The smallest absolute Gasteiger partial charge is 0.0563 e. The maximum atomic E-state index is 9.81. The molecule has 1 aromatic rings. The molecule has 0 aromatic carbocycles. The Morgan fingerprint density at radius 1 is 1.50 bits per heavy atom. The molecule has 16 heavy (non-hydrogen) atoms. The summed E-state index contributed by atoms with van der Waals surface area (Å²) in [7, 11) is 0. The number of aryl methyl sites for hydroxylation is 1. The van der Waals surface area contributed by atoms with E-state index < -0.39 is 0 Å². The van der Waals surface area contributed by atoms with Gasteiger partial charge in [-0.25, -0.2) is 0 Å². The van der Waals surface area contributed by atoms with Crippen molar-refractivity contribution in [3.63, 3.8) is 0 Å². The number of nitrogens with zero attached hydrogens (tertiary/aromatic N) is 1. The summed E-state index contributed by atoms with van der Waals surface area (Å²) in [5.41, 5.74) is 2.69. The molecule has 0 fully saturated rings. The van der Waals surface area contributed by atoms with Gasteiger partial charge in [-0.1, -0.05) is 19.9 Å². The third kappa shape index (κ3) is 2.43. The molecule has 1 N–H and O–H groups in total. The van der Waals surface area contributed by atoms with E-state index in [2.05, 4.69) is 24.9 Å². The highest BCUT2D eigenvalue weighted by Gasteiger charge is 2.24. The number of pyridine rings is 1. The summed E-state index contributed by atoms with van der Waals surface area (Å²) in [6.07, 6.45) is 6.06. The Kier molecular flexibility index (Phi) is 3.59. The largest absolute Gasteiger partial charge is 0.393 e. The van der Waals surface area contributed by atoms with Crippen LogP contribution in [0.15, 0.2) is 18.3 Å². The van der Waals surface area contributed by atoms with Crippen LogP contribution in [-0.2, 0) is 6.42 Å². The van der Waals surface area contributed by atoms with Crippen molar-refractivity contribution < 1.29 is 5.11 Å². The fourth-order valence-electron chi connectivity index (χ4n) is 2.48. The lowest BCUT2D eigenvalue weighted by atomic mass is 9.94. The zero-order chi connectivity index (χ0) is 11.5. The number of aliphatic hydroxyl groups excluding tert-OH is 1. The van der Waals surface area contributed by atoms with Gasteiger partial charge in [-0.2, -0.15) is 0 Å². The number of aliphatic hydroxyl groups is 1. The summed E-state index contributed by atoms with van der Waals surface area (Å²) in [6.45, 7) is 4.15. The van der Waals surface area contributed by atoms with Crippen LogP contribution < -0.4 is 0 Å². The maximum absolute atomic E-state index is 9.81. The molecule has 2 nitrogen and oxygen atoms in total. The predicted octanol–water partition coefficient (Wildman–Crippen LogP) is 2.91. The molecule has 1 aliphatic carbocycles. The van der Waals surface area contributed by atoms with E-state index in [1.165, 1.54) is 17.7 Å². The summed E-state index contributed by atoms with van der Waals surface area (Å²) in [5.74, 6) is 0.939. The lowest BCUT2D eigenvalue weighted by molar-refractivity contribution is 0.111. The van der Waals surface area contributed by atoms with Crippen molar-refractivity contribution in [3.05, 3.63) is 29.6 Å². The molecule has 2 heteroatoms. The summed E-state index contributed by atoms with van der Waals surface area (Å²) < 4.78 is 0. The predicted molar refractivity (Wildman–Crippen MR) is 65.4 cm³/mol. The topological polar surface area (TPSA) is 33.1 Å². The van der Waals surface area contributed by atoms with Crippen LogP contribution in [0.25, 0.3) is 0 Å². The van der Waals surface area contributed by atoms with Gasteiger partial charge in [0.1, 0.15) is 0 Å². The quantitative estimate of drug-likeness (QED) is 0.844. The third-order valence-electron chi connectivity index (χ3n) is 3.66. The molecular formula is C14H21NO. The molecule has 1 aliphatic rings. The molecule has 0 spiro atoms. The summed E-state index contributed by atoms with van der Waals surface area (Å²) in [4.78, 5) is 4.48. The van der Waals surface area contributed by atoms with Crippen LogP contribution in [0.5, 0.6) is 0 Å². The normalized spacial score (nSPS) is 21.1. The highest BCUT2D eigenvalue weighted by molar-refractivity contribution is 5.28. The number of fused-ring (bicyclic) bond motifs is 1. The van der Waals surface area contributed by atoms with Gasteiger partial charge in [0.2, 0.25) is 0 Å². The minimum absolute atomic E-state index is 0.159. The van der Waals surface area contributed by atoms with Crippen LogP contribution >= 0.6 is 0 Å². The molecular weight excluding hydrogens is 198 g/mol. The van der Waals surface area contributed by atoms with Crippen LogP contribution in [0.1, 0.15) is 50.3 Å². The van der Waals surface area contributed by atoms with Gasteiger partial charge >= 0.3 is 0 Å². The fraction of sp³-hybridized carbons (Fsp3) is 0.643. The number of hydrogen-bond donors (Lipinski definition) is 1. The molecule has 88 valence electrons. The minimum Gasteiger partial charge on any atom is -0.393 e. The van der Waals surface area contributed by atoms with Crippen molar-refractivity contribution in [2.24, 2.45) is 5.92 Å². The van der Waals surface area contributed by atoms with Crippen molar-refractivity contribution in [3.8, 4) is 0 Å². The monoisotopic (exact) mass is 219 g/mol. The van der Waals surface area contributed by atoms with Crippen LogP contribution in [0.4, 0.5) is 0 Å². The van der Waals surface area contributed by atoms with Crippen LogP contribution in [0.2, 0.25) is 0 Å². The van der Waals surface area contributed by atoms with E-state index in [-0.39, 0.29) is 6.10 Å². The van der Waals surface area contributed by atoms with E-state index in [1.54, 1.807) is 0 Å². The number of rotatable bonds is 4. The zero-order valence-corrected chi connectivity index (χ0v) is 10.2. The molecule has 0 saturated carbocycles. The van der Waals surface area contributed by atoms with Crippen LogP contribution in [0, 0.1) is 5.92 Å². The highest BCUT2D eigenvalue weighted by Crippen LogP contribution is 2.35. The van der Waals surface area contributed by atoms with Gasteiger partial charge in [-0.05, 0) is 43.2 Å². The van der Waals surface area contributed by atoms with Gasteiger partial charge in [-0.15, -0.1) is 0 Å². The van der Waals surface area contributed by atoms with E-state index in [0.717, 1.165) is 19.3 Å². The molecule has 2 unspecified atom stereocenters. The number of hydrogen-bond acceptors (Lipinski definition) is 2. The Morgan fingerprint density at radius 3 is 3.06 bits per heavy atom. The van der Waals surface area contributed by atoms with Crippen molar-refractivity contribution in [1.82, 2.24) is 4.98 Å². The second-order valence-corrected chi connectivity index (χ2v) is 5.17. The van der Waals surface area contributed by atoms with Crippen LogP contribution in [-0.4, -0.2) is 16.2 Å². The van der Waals surface area contributed by atoms with Gasteiger partial charge in [0, 0.05) is 17.8 Å². The summed E-state index contributed by atoms with van der Waals surface area (Å²) in [6, 6.07) is 4.20. The SMILES string of the molecule is CC(C)C(O)CCC1CCc2cccnc21. The van der Waals surface area contributed by atoms with E-state index in [4.69, 9.17) is 0 Å². The first-order valence-corrected chi connectivity index (χ1v) is 6.30. The fourth-order valence-corrected chi connectivity index (χ4v) is 2.48. The summed E-state index contributed by atoms with van der Waals surface area (Å²) in [5, 5.41) is 9.81. The molecule has 1 aromatic heterocycles. The van der Waals surface area contributed by atoms with Gasteiger partial charge < -0.3 is 5.11 Å². The Labute approximate surface area is 97.7 Å². The van der Waals surface area contributed by atoms with Crippen molar-refractivity contribution in [2.75, 3.05) is 0 Å². The molecule has 2 atom stereocenters. The Hall–Kier alpha value is -0.890. The molecule has 0 bridgehead atoms. The molecule has 0 saturated heterocycles. The summed E-state index contributed by atoms with van der Waals surface area (Å²) >= 11 is 0. The number of aromatic nitrogens is 1. The minimum atomic E-state index is -0.159. The van der Waals surface area contributed by atoms with E-state index in [9.17, 15) is 5.11 Å². The average molecular weight is 219 g/mol. The highest BCUT2D eigenvalue weighted by atomic mass is 16.3. The molecule has 1 heterocycles. The first-order valence-electron chi connectivity index (χ1n) is 6.30. The zero-order valence-electron chi connectivity index (χ0n) is 10.2. The second-order valence-electron chi connectivity index (χ2n) is 5.17. The second kappa shape index (κ2) is 4.96. The van der Waals surface area contributed by atoms with Crippen molar-refractivity contribution in [2.45, 2.75) is 51.6 Å². The first-order chi connectivity index (χ1) is 7.68. The van der Waals surface area contributed by atoms with Crippen molar-refractivity contribution >= 4 is 0 Å². The first kappa shape index (κ1) is 11.6. The lowest BCUT2D eigenvalue weighted by Crippen LogP contribution is -2.15. The maximum Gasteiger partial charge on any atom is 0.0563 e. The van der Waals surface area contributed by atoms with Crippen molar-refractivity contribution in [1.29, 1.82) is 0 Å². The lowest BCUT2D eigenvalue weighted by Gasteiger charge is -2.17. The third-order valence-corrected chi connectivity index (χ3v) is 3.66. The molecule has 2 rings (SSSR count).